The van der Waals surface area contributed by atoms with Gasteiger partial charge in [-0.25, -0.2) is 14.8 Å². The first kappa shape index (κ1) is 58.8. The Morgan fingerprint density at radius 1 is 0.385 bits per heavy atom. The highest BCUT2D eigenvalue weighted by Gasteiger charge is 2.23. The molecule has 9 aromatic rings. The average molecular weight is 1180 g/mol. The third-order valence-corrected chi connectivity index (χ3v) is 24.8. The summed E-state index contributed by atoms with van der Waals surface area (Å²) in [5.41, 5.74) is 7.70. The number of benzene rings is 1. The van der Waals surface area contributed by atoms with E-state index in [9.17, 15) is 5.26 Å². The number of unbranched alkanes of at least 4 members (excludes halogenated alkanes) is 20. The number of nitrogens with zero attached hydrogens (tertiary/aromatic N) is 4. The van der Waals surface area contributed by atoms with Gasteiger partial charge in [-0.15, -0.1) is 79.4 Å². The Morgan fingerprint density at radius 3 is 1.12 bits per heavy atom. The van der Waals surface area contributed by atoms with Crippen LogP contribution in [0, 0.1) is 17.9 Å². The van der Waals surface area contributed by atoms with E-state index in [1.54, 1.807) is 34.0 Å². The summed E-state index contributed by atoms with van der Waals surface area (Å²) in [5.74, 6) is 0. The molecule has 0 spiro atoms. The van der Waals surface area contributed by atoms with Crippen LogP contribution in [0.3, 0.4) is 0 Å². The topological polar surface area (TPSA) is 53.9 Å². The molecule has 0 amide bonds. The van der Waals surface area contributed by atoms with Crippen molar-refractivity contribution in [3.8, 4) is 64.9 Å². The number of hydrogen-bond acceptors (Lipinski definition) is 11. The van der Waals surface area contributed by atoms with E-state index in [1.807, 2.05) is 56.7 Å². The van der Waals surface area contributed by atoms with Crippen molar-refractivity contribution in [1.82, 2.24) is 9.97 Å². The Morgan fingerprint density at radius 2 is 0.731 bits per heavy atom. The number of aromatic nitrogens is 2. The normalized spacial score (nSPS) is 11.7. The maximum atomic E-state index is 9.95. The van der Waals surface area contributed by atoms with Crippen LogP contribution >= 0.6 is 90.7 Å². The minimum absolute atomic E-state index is 0.807. The van der Waals surface area contributed by atoms with Crippen molar-refractivity contribution in [1.29, 1.82) is 5.26 Å². The lowest BCUT2D eigenvalue weighted by Gasteiger charge is -2.04. The molecule has 0 radical (unpaired) electrons. The smallest absolute Gasteiger partial charge is 0.235 e. The van der Waals surface area contributed by atoms with E-state index in [1.165, 1.54) is 235 Å². The lowest BCUT2D eigenvalue weighted by molar-refractivity contribution is 0.608. The molecule has 9 rings (SSSR count). The van der Waals surface area contributed by atoms with Gasteiger partial charge in [0.25, 0.3) is 0 Å². The average Bonchev–Trinajstić information content (AvgIpc) is 4.33. The van der Waals surface area contributed by atoms with Gasteiger partial charge in [-0.05, 0) is 134 Å². The van der Waals surface area contributed by atoms with Crippen LogP contribution in [0.5, 0.6) is 0 Å². The number of rotatable bonds is 34. The lowest BCUT2D eigenvalue weighted by Crippen LogP contribution is -1.86. The summed E-state index contributed by atoms with van der Waals surface area (Å²) >= 11 is 14.6. The number of hydrogen-bond donors (Lipinski definition) is 0. The van der Waals surface area contributed by atoms with E-state index >= 15 is 0 Å². The molecule has 0 saturated heterocycles. The van der Waals surface area contributed by atoms with E-state index in [2.05, 4.69) is 99.3 Å². The van der Waals surface area contributed by atoms with Crippen molar-refractivity contribution in [2.24, 2.45) is 0 Å². The summed E-state index contributed by atoms with van der Waals surface area (Å²) in [6, 6.07) is 25.6. The molecule has 12 heteroatoms. The minimum Gasteiger partial charge on any atom is -0.235 e. The van der Waals surface area contributed by atoms with Crippen LogP contribution in [-0.4, -0.2) is 9.97 Å². The fourth-order valence-electron chi connectivity index (χ4n) is 10.7. The Balaban J connectivity index is 0.967. The van der Waals surface area contributed by atoms with Gasteiger partial charge in [0, 0.05) is 39.0 Å². The molecule has 0 bridgehead atoms. The second kappa shape index (κ2) is 30.3. The summed E-state index contributed by atoms with van der Waals surface area (Å²) in [6.45, 7) is 17.0. The van der Waals surface area contributed by atoms with E-state index < -0.39 is 0 Å². The van der Waals surface area contributed by atoms with Crippen LogP contribution in [0.1, 0.15) is 209 Å². The highest BCUT2D eigenvalue weighted by atomic mass is 32.1. The minimum atomic E-state index is 0.807. The Labute approximate surface area is 498 Å². The monoisotopic (exact) mass is 1180 g/mol. The van der Waals surface area contributed by atoms with Crippen LogP contribution in [0.25, 0.3) is 84.1 Å². The zero-order chi connectivity index (χ0) is 54.1. The van der Waals surface area contributed by atoms with Gasteiger partial charge in [-0.3, -0.25) is 0 Å². The highest BCUT2D eigenvalue weighted by Crippen LogP contribution is 2.50. The summed E-state index contributed by atoms with van der Waals surface area (Å²) in [7, 11) is 0. The van der Waals surface area contributed by atoms with Crippen LogP contribution in [-0.2, 0) is 25.7 Å². The first-order valence-corrected chi connectivity index (χ1v) is 36.1. The fraction of sp³-hybridized carbons (Fsp3) is 0.485. The van der Waals surface area contributed by atoms with Crippen molar-refractivity contribution >= 4 is 116 Å². The summed E-state index contributed by atoms with van der Waals surface area (Å²) < 4.78 is 2.38. The molecule has 0 N–H and O–H groups in total. The van der Waals surface area contributed by atoms with E-state index in [0.717, 1.165) is 56.6 Å². The zero-order valence-electron chi connectivity index (χ0n) is 46.6. The van der Waals surface area contributed by atoms with Crippen LogP contribution in [0.15, 0.2) is 60.7 Å². The van der Waals surface area contributed by atoms with E-state index in [-0.39, 0.29) is 0 Å². The highest BCUT2D eigenvalue weighted by molar-refractivity contribution is 7.31. The molecule has 4 nitrogen and oxygen atoms in total. The number of aryl methyl sites for hydroxylation is 4. The molecule has 0 atom stereocenters. The maximum Gasteiger partial charge on any atom is 0.242 e. The summed E-state index contributed by atoms with van der Waals surface area (Å²) in [6.07, 6.45) is 35.0. The number of nitriles is 1. The largest absolute Gasteiger partial charge is 0.242 e. The van der Waals surface area contributed by atoms with Gasteiger partial charge in [0.15, 0.2) is 0 Å². The SMILES string of the molecule is [C-]#[N+]c1cc(CCCCCCCC)c(-c2ccc(-c3sc(-c4nc5cc6sc(-c7cc(CCCCCCCC)c(-c8ccc(-c9sc(C#N)cc9CCCCCCCC)s8)s7)nc6cc5s4)cc3CCCCCCCC)s2)s1. The molecular formula is C66H78N4S8. The molecule has 78 heavy (non-hydrogen) atoms. The molecule has 410 valence electrons. The van der Waals surface area contributed by atoms with Crippen LogP contribution in [0.2, 0.25) is 0 Å². The fourth-order valence-corrected chi connectivity index (χ4v) is 19.8. The lowest BCUT2D eigenvalue weighted by atomic mass is 10.0. The predicted octanol–water partition coefficient (Wildman–Crippen LogP) is 25.3. The standard InChI is InChI=1S/C66H78N4S8/c1-6-10-14-18-22-26-30-45-38-49(44-67)71-61(45)52-34-35-53(72-52)62-46(31-27-23-19-15-11-7-2)39-58(74-62)65-69-50-42-57-51(43-56(50)76-65)70-66(77-57)59-40-47(32-28-24-20-16-12-8-3)63(75-59)54-36-37-55(73-54)64-48(41-60(68-5)78-64)33-29-25-21-17-13-9-4/h34-43H,6-33H2,1-4H3. The molecule has 0 aliphatic rings. The molecule has 0 saturated carbocycles. The Kier molecular flexibility index (Phi) is 22.8. The van der Waals surface area contributed by atoms with Crippen LogP contribution < -0.4 is 0 Å². The van der Waals surface area contributed by atoms with Crippen molar-refractivity contribution in [2.45, 2.75) is 207 Å². The van der Waals surface area contributed by atoms with Gasteiger partial charge in [0.05, 0.1) is 36.8 Å². The van der Waals surface area contributed by atoms with Crippen molar-refractivity contribution in [3.05, 3.63) is 99.2 Å². The summed E-state index contributed by atoms with van der Waals surface area (Å²) in [5, 5.41) is 12.9. The first-order chi connectivity index (χ1) is 38.4. The third-order valence-electron chi connectivity index (χ3n) is 15.1. The van der Waals surface area contributed by atoms with Crippen molar-refractivity contribution in [2.75, 3.05) is 0 Å². The van der Waals surface area contributed by atoms with Gasteiger partial charge >= 0.3 is 0 Å². The zero-order valence-corrected chi connectivity index (χ0v) is 53.2. The molecule has 1 aromatic carbocycles. The number of thiophene rings is 6. The second-order valence-electron chi connectivity index (χ2n) is 21.3. The molecule has 8 aromatic heterocycles. The second-order valence-corrected chi connectivity index (χ2v) is 29.7. The van der Waals surface area contributed by atoms with Gasteiger partial charge in [-0.1, -0.05) is 156 Å². The summed E-state index contributed by atoms with van der Waals surface area (Å²) in [4.78, 5) is 28.6. The van der Waals surface area contributed by atoms with Gasteiger partial charge in [-0.2, -0.15) is 16.6 Å². The molecule has 0 aliphatic carbocycles. The molecule has 0 fully saturated rings. The Bertz CT molecular complexity index is 3110. The molecule has 8 heterocycles. The maximum absolute atomic E-state index is 9.95. The van der Waals surface area contributed by atoms with E-state index in [0.29, 0.717) is 0 Å². The quantitative estimate of drug-likeness (QED) is 0.0298. The third kappa shape index (κ3) is 15.4. The van der Waals surface area contributed by atoms with Gasteiger partial charge in [0.1, 0.15) is 21.0 Å². The van der Waals surface area contributed by atoms with Gasteiger partial charge in [0.2, 0.25) is 5.00 Å². The first-order valence-electron chi connectivity index (χ1n) is 29.6. The number of thiazole rings is 2. The van der Waals surface area contributed by atoms with Gasteiger partial charge < -0.3 is 0 Å². The van der Waals surface area contributed by atoms with Crippen molar-refractivity contribution in [3.63, 3.8) is 0 Å². The van der Waals surface area contributed by atoms with Crippen molar-refractivity contribution < 1.29 is 0 Å². The predicted molar refractivity (Wildman–Crippen MR) is 352 cm³/mol. The van der Waals surface area contributed by atoms with Crippen LogP contribution in [0.4, 0.5) is 5.00 Å². The molecule has 0 unspecified atom stereocenters. The number of fused-ring (bicyclic) bond motifs is 2. The molecular weight excluding hydrogens is 1110 g/mol. The van der Waals surface area contributed by atoms with E-state index in [4.69, 9.17) is 16.5 Å². The molecule has 0 aliphatic heterocycles. The Hall–Kier alpha value is -3.82.